The summed E-state index contributed by atoms with van der Waals surface area (Å²) in [6.07, 6.45) is 1.90. The highest BCUT2D eigenvalue weighted by molar-refractivity contribution is 7.98. The number of hydrogen-bond acceptors (Lipinski definition) is 4. The predicted molar refractivity (Wildman–Crippen MR) is 127 cm³/mol. The van der Waals surface area contributed by atoms with E-state index in [0.29, 0.717) is 39.0 Å². The molecule has 1 atom stereocenters. The van der Waals surface area contributed by atoms with Gasteiger partial charge < -0.3 is 10.6 Å². The van der Waals surface area contributed by atoms with Crippen LogP contribution in [0.1, 0.15) is 44.1 Å². The zero-order valence-electron chi connectivity index (χ0n) is 17.7. The molecule has 2 N–H and O–H groups in total. The van der Waals surface area contributed by atoms with Crippen molar-refractivity contribution in [2.24, 2.45) is 0 Å². The number of thioether (sulfide) groups is 1. The first-order chi connectivity index (χ1) is 15.4. The molecule has 10 heteroatoms. The molecular weight excluding hydrogens is 472 g/mol. The highest BCUT2D eigenvalue weighted by Gasteiger charge is 2.22. The zero-order valence-corrected chi connectivity index (χ0v) is 20.1. The van der Waals surface area contributed by atoms with E-state index in [9.17, 15) is 9.18 Å². The van der Waals surface area contributed by atoms with Crippen LogP contribution in [0.15, 0.2) is 47.6 Å². The van der Waals surface area contributed by atoms with E-state index < -0.39 is 6.04 Å². The van der Waals surface area contributed by atoms with Gasteiger partial charge in [0, 0.05) is 17.3 Å². The third-order valence-electron chi connectivity index (χ3n) is 4.64. The molecule has 3 aromatic rings. The summed E-state index contributed by atoms with van der Waals surface area (Å²) in [6.45, 7) is 4.49. The van der Waals surface area contributed by atoms with Crippen LogP contribution in [0, 0.1) is 5.82 Å². The van der Waals surface area contributed by atoms with Gasteiger partial charge in [-0.2, -0.15) is 0 Å². The Bertz CT molecular complexity index is 1060. The lowest BCUT2D eigenvalue weighted by Gasteiger charge is -2.17. The molecule has 1 heterocycles. The molecule has 3 rings (SSSR count). The van der Waals surface area contributed by atoms with Gasteiger partial charge in [-0.3, -0.25) is 4.57 Å². The van der Waals surface area contributed by atoms with E-state index in [1.807, 2.05) is 11.5 Å². The topological polar surface area (TPSA) is 71.8 Å². The third kappa shape index (κ3) is 6.37. The van der Waals surface area contributed by atoms with Gasteiger partial charge in [-0.1, -0.05) is 60.4 Å². The highest BCUT2D eigenvalue weighted by Crippen LogP contribution is 2.32. The van der Waals surface area contributed by atoms with Crippen LogP contribution in [-0.4, -0.2) is 27.3 Å². The second-order valence-corrected chi connectivity index (χ2v) is 8.95. The maximum Gasteiger partial charge on any atom is 0.315 e. The van der Waals surface area contributed by atoms with Crippen molar-refractivity contribution in [2.75, 3.05) is 6.54 Å². The fourth-order valence-electron chi connectivity index (χ4n) is 2.96. The van der Waals surface area contributed by atoms with Crippen LogP contribution in [0.3, 0.4) is 0 Å². The number of aromatic nitrogens is 3. The van der Waals surface area contributed by atoms with Gasteiger partial charge in [0.1, 0.15) is 5.82 Å². The quantitative estimate of drug-likeness (QED) is 0.275. The summed E-state index contributed by atoms with van der Waals surface area (Å²) in [5.74, 6) is 0.805. The first-order valence-corrected chi connectivity index (χ1v) is 12.0. The normalized spacial score (nSPS) is 11.9. The molecule has 0 aliphatic carbocycles. The van der Waals surface area contributed by atoms with Gasteiger partial charge in [0.05, 0.1) is 16.8 Å². The molecule has 6 nitrogen and oxygen atoms in total. The minimum absolute atomic E-state index is 0.275. The molecular formula is C22H24Cl2FN5OS. The fourth-order valence-corrected chi connectivity index (χ4v) is 4.36. The lowest BCUT2D eigenvalue weighted by molar-refractivity contribution is 0.237. The number of carbonyl (C=O) groups is 1. The molecule has 0 aliphatic rings. The summed E-state index contributed by atoms with van der Waals surface area (Å²) in [5, 5.41) is 15.9. The first kappa shape index (κ1) is 24.4. The number of rotatable bonds is 9. The van der Waals surface area contributed by atoms with Crippen LogP contribution in [0.25, 0.3) is 5.69 Å². The van der Waals surface area contributed by atoms with E-state index in [1.165, 1.54) is 23.9 Å². The Morgan fingerprint density at radius 1 is 1.19 bits per heavy atom. The Balaban J connectivity index is 1.87. The highest BCUT2D eigenvalue weighted by atomic mass is 35.5. The third-order valence-corrected chi connectivity index (χ3v) is 6.18. The van der Waals surface area contributed by atoms with Gasteiger partial charge in [0.25, 0.3) is 0 Å². The number of carbonyl (C=O) groups excluding carboxylic acids is 1. The van der Waals surface area contributed by atoms with Crippen LogP contribution < -0.4 is 10.6 Å². The SMILES string of the molecule is CCCCNC(=O)NC(C)c1nnc(SCc2ccc(F)cc2)n1-c1ccc(Cl)cc1Cl. The molecule has 2 amide bonds. The van der Waals surface area contributed by atoms with Crippen molar-refractivity contribution in [1.29, 1.82) is 0 Å². The van der Waals surface area contributed by atoms with Crippen LogP contribution in [0.4, 0.5) is 9.18 Å². The Morgan fingerprint density at radius 3 is 2.62 bits per heavy atom. The van der Waals surface area contributed by atoms with Crippen molar-refractivity contribution in [2.45, 2.75) is 43.6 Å². The van der Waals surface area contributed by atoms with Gasteiger partial charge in [-0.15, -0.1) is 10.2 Å². The van der Waals surface area contributed by atoms with E-state index in [4.69, 9.17) is 23.2 Å². The van der Waals surface area contributed by atoms with Crippen molar-refractivity contribution in [3.05, 3.63) is 69.7 Å². The molecule has 0 bridgehead atoms. The number of unbranched alkanes of at least 4 members (excludes halogenated alkanes) is 1. The molecule has 0 saturated carbocycles. The van der Waals surface area contributed by atoms with Crippen LogP contribution in [0.2, 0.25) is 10.0 Å². The number of halogens is 3. The molecule has 0 spiro atoms. The minimum atomic E-state index is -0.434. The van der Waals surface area contributed by atoms with Gasteiger partial charge in [0.15, 0.2) is 11.0 Å². The molecule has 1 unspecified atom stereocenters. The summed E-state index contributed by atoms with van der Waals surface area (Å²) >= 11 is 14.0. The number of urea groups is 1. The smallest absolute Gasteiger partial charge is 0.315 e. The zero-order chi connectivity index (χ0) is 23.1. The average molecular weight is 496 g/mol. The maximum absolute atomic E-state index is 13.2. The number of benzene rings is 2. The Labute approximate surface area is 200 Å². The number of hydrogen-bond donors (Lipinski definition) is 2. The molecule has 0 fully saturated rings. The monoisotopic (exact) mass is 495 g/mol. The fraction of sp³-hybridized carbons (Fsp3) is 0.318. The second kappa shape index (κ2) is 11.5. The number of amides is 2. The predicted octanol–water partition coefficient (Wildman–Crippen LogP) is 6.17. The molecule has 0 radical (unpaired) electrons. The molecule has 0 aliphatic heterocycles. The largest absolute Gasteiger partial charge is 0.338 e. The van der Waals surface area contributed by atoms with Crippen molar-refractivity contribution < 1.29 is 9.18 Å². The van der Waals surface area contributed by atoms with Gasteiger partial charge >= 0.3 is 6.03 Å². The second-order valence-electron chi connectivity index (χ2n) is 7.16. The maximum atomic E-state index is 13.2. The molecule has 170 valence electrons. The van der Waals surface area contributed by atoms with Gasteiger partial charge in [0.2, 0.25) is 0 Å². The average Bonchev–Trinajstić information content (AvgIpc) is 3.17. The van der Waals surface area contributed by atoms with Crippen molar-refractivity contribution in [1.82, 2.24) is 25.4 Å². The Morgan fingerprint density at radius 2 is 1.94 bits per heavy atom. The van der Waals surface area contributed by atoms with E-state index in [0.717, 1.165) is 18.4 Å². The lowest BCUT2D eigenvalue weighted by atomic mass is 10.2. The standard InChI is InChI=1S/C22H24Cl2FN5OS/c1-3-4-11-26-21(31)27-14(2)20-28-29-22(32-13-15-5-8-17(25)9-6-15)30(20)19-10-7-16(23)12-18(19)24/h5-10,12,14H,3-4,11,13H2,1-2H3,(H2,26,27,31). The summed E-state index contributed by atoms with van der Waals surface area (Å²) < 4.78 is 15.0. The van der Waals surface area contributed by atoms with Crippen molar-refractivity contribution in [3.8, 4) is 5.69 Å². The minimum Gasteiger partial charge on any atom is -0.338 e. The Kier molecular flexibility index (Phi) is 8.78. The summed E-state index contributed by atoms with van der Waals surface area (Å²) in [7, 11) is 0. The van der Waals surface area contributed by atoms with Crippen molar-refractivity contribution >= 4 is 41.0 Å². The molecule has 1 aromatic heterocycles. The lowest BCUT2D eigenvalue weighted by Crippen LogP contribution is -2.38. The van der Waals surface area contributed by atoms with Gasteiger partial charge in [-0.05, 0) is 49.2 Å². The number of nitrogens with zero attached hydrogens (tertiary/aromatic N) is 3. The summed E-state index contributed by atoms with van der Waals surface area (Å²) in [4.78, 5) is 12.2. The van der Waals surface area contributed by atoms with E-state index in [-0.39, 0.29) is 11.8 Å². The van der Waals surface area contributed by atoms with Crippen LogP contribution >= 0.6 is 35.0 Å². The van der Waals surface area contributed by atoms with E-state index in [1.54, 1.807) is 30.3 Å². The summed E-state index contributed by atoms with van der Waals surface area (Å²) in [6, 6.07) is 10.8. The van der Waals surface area contributed by atoms with Crippen LogP contribution in [-0.2, 0) is 5.75 Å². The first-order valence-electron chi connectivity index (χ1n) is 10.2. The molecule has 2 aromatic carbocycles. The number of nitrogens with one attached hydrogen (secondary N) is 2. The van der Waals surface area contributed by atoms with E-state index in [2.05, 4.69) is 27.8 Å². The molecule has 32 heavy (non-hydrogen) atoms. The Hall–Kier alpha value is -2.29. The van der Waals surface area contributed by atoms with Crippen LogP contribution in [0.5, 0.6) is 0 Å². The van der Waals surface area contributed by atoms with Gasteiger partial charge in [-0.25, -0.2) is 9.18 Å². The van der Waals surface area contributed by atoms with Crippen molar-refractivity contribution in [3.63, 3.8) is 0 Å². The van der Waals surface area contributed by atoms with E-state index >= 15 is 0 Å². The molecule has 0 saturated heterocycles. The summed E-state index contributed by atoms with van der Waals surface area (Å²) in [5.41, 5.74) is 1.59.